The minimum Gasteiger partial charge on any atom is -0.339 e. The fraction of sp³-hybridized carbons (Fsp3) is 0.438. The molecule has 2 aromatic rings. The summed E-state index contributed by atoms with van der Waals surface area (Å²) in [6.45, 7) is 4.71. The van der Waals surface area contributed by atoms with E-state index in [1.807, 2.05) is 19.1 Å². The van der Waals surface area contributed by atoms with Crippen LogP contribution in [0.1, 0.15) is 43.5 Å². The van der Waals surface area contributed by atoms with E-state index >= 15 is 0 Å². The van der Waals surface area contributed by atoms with Gasteiger partial charge in [-0.15, -0.1) is 0 Å². The predicted octanol–water partition coefficient (Wildman–Crippen LogP) is 2.71. The Bertz CT molecular complexity index is 633. The Hall–Kier alpha value is -2.17. The summed E-state index contributed by atoms with van der Waals surface area (Å²) in [5.41, 5.74) is 2.21. The van der Waals surface area contributed by atoms with Gasteiger partial charge in [0.2, 0.25) is 11.8 Å². The number of aromatic nitrogens is 2. The van der Waals surface area contributed by atoms with Crippen molar-refractivity contribution in [1.82, 2.24) is 10.1 Å². The minimum atomic E-state index is -0.00356. The number of hydrogen-bond acceptors (Lipinski definition) is 4. The number of carbonyl (C=O) groups is 1. The molecule has 5 heteroatoms. The molecule has 1 amide bonds. The van der Waals surface area contributed by atoms with E-state index in [1.165, 1.54) is 5.56 Å². The summed E-state index contributed by atoms with van der Waals surface area (Å²) in [5, 5.41) is 3.91. The fourth-order valence-corrected chi connectivity index (χ4v) is 2.61. The molecule has 0 unspecified atom stereocenters. The lowest BCUT2D eigenvalue weighted by atomic mass is 10.1. The van der Waals surface area contributed by atoms with Gasteiger partial charge in [0.1, 0.15) is 0 Å². The van der Waals surface area contributed by atoms with E-state index in [4.69, 9.17) is 4.52 Å². The summed E-state index contributed by atoms with van der Waals surface area (Å²) in [7, 11) is 0. The van der Waals surface area contributed by atoms with E-state index in [-0.39, 0.29) is 11.8 Å². The first kappa shape index (κ1) is 13.8. The number of amides is 1. The van der Waals surface area contributed by atoms with Crippen LogP contribution in [-0.2, 0) is 17.6 Å². The van der Waals surface area contributed by atoms with Crippen molar-refractivity contribution < 1.29 is 9.32 Å². The summed E-state index contributed by atoms with van der Waals surface area (Å²) in [6, 6.07) is 8.14. The molecule has 5 nitrogen and oxygen atoms in total. The van der Waals surface area contributed by atoms with Gasteiger partial charge in [-0.3, -0.25) is 4.79 Å². The second-order valence-corrected chi connectivity index (χ2v) is 5.33. The first-order valence-electron chi connectivity index (χ1n) is 7.43. The van der Waals surface area contributed by atoms with Gasteiger partial charge in [0.15, 0.2) is 5.82 Å². The van der Waals surface area contributed by atoms with Gasteiger partial charge in [-0.25, -0.2) is 0 Å². The molecule has 1 aliphatic rings. The highest BCUT2D eigenvalue weighted by molar-refractivity contribution is 5.96. The molecule has 1 atom stereocenters. The third-order valence-corrected chi connectivity index (χ3v) is 3.93. The molecule has 1 aromatic carbocycles. The summed E-state index contributed by atoms with van der Waals surface area (Å²) in [4.78, 5) is 18.4. The van der Waals surface area contributed by atoms with Crippen molar-refractivity contribution in [2.75, 3.05) is 11.4 Å². The smallest absolute Gasteiger partial charge is 0.232 e. The van der Waals surface area contributed by atoms with Gasteiger partial charge in [0, 0.05) is 25.1 Å². The lowest BCUT2D eigenvalue weighted by Crippen LogP contribution is -2.24. The summed E-state index contributed by atoms with van der Waals surface area (Å²) >= 11 is 0. The standard InChI is InChI=1S/C16H19N3O2/c1-3-11-5-7-13(8-6-11)19-10-12(9-15(19)20)16-17-14(4-2)18-21-16/h5-8,12H,3-4,9-10H2,1-2H3/t12-/m0/s1. The zero-order valence-corrected chi connectivity index (χ0v) is 12.4. The second kappa shape index (κ2) is 5.68. The average molecular weight is 285 g/mol. The predicted molar refractivity (Wildman–Crippen MR) is 79.2 cm³/mol. The molecule has 0 radical (unpaired) electrons. The lowest BCUT2D eigenvalue weighted by Gasteiger charge is -2.16. The largest absolute Gasteiger partial charge is 0.339 e. The third kappa shape index (κ3) is 2.68. The number of benzene rings is 1. The molecule has 0 N–H and O–H groups in total. The van der Waals surface area contributed by atoms with E-state index in [0.29, 0.717) is 24.7 Å². The fourth-order valence-electron chi connectivity index (χ4n) is 2.61. The minimum absolute atomic E-state index is 0.00356. The topological polar surface area (TPSA) is 59.2 Å². The SMILES string of the molecule is CCc1ccc(N2C[C@@H](c3nc(CC)no3)CC2=O)cc1. The molecular formula is C16H19N3O2. The Morgan fingerprint density at radius 2 is 2.00 bits per heavy atom. The van der Waals surface area contributed by atoms with Crippen molar-refractivity contribution in [3.8, 4) is 0 Å². The highest BCUT2D eigenvalue weighted by Gasteiger charge is 2.34. The van der Waals surface area contributed by atoms with Gasteiger partial charge < -0.3 is 9.42 Å². The molecule has 3 rings (SSSR count). The maximum Gasteiger partial charge on any atom is 0.232 e. The number of carbonyl (C=O) groups excluding carboxylic acids is 1. The van der Waals surface area contributed by atoms with Gasteiger partial charge in [0.05, 0.1) is 5.92 Å². The molecule has 2 heterocycles. The van der Waals surface area contributed by atoms with Gasteiger partial charge >= 0.3 is 0 Å². The first-order valence-corrected chi connectivity index (χ1v) is 7.43. The van der Waals surface area contributed by atoms with Crippen LogP contribution in [0.3, 0.4) is 0 Å². The van der Waals surface area contributed by atoms with Crippen molar-refractivity contribution in [2.45, 2.75) is 39.0 Å². The van der Waals surface area contributed by atoms with Crippen LogP contribution in [0.4, 0.5) is 5.69 Å². The number of nitrogens with zero attached hydrogens (tertiary/aromatic N) is 3. The highest BCUT2D eigenvalue weighted by Crippen LogP contribution is 2.31. The van der Waals surface area contributed by atoms with E-state index in [1.54, 1.807) is 4.90 Å². The van der Waals surface area contributed by atoms with Gasteiger partial charge in [-0.2, -0.15) is 4.98 Å². The molecule has 1 aliphatic heterocycles. The van der Waals surface area contributed by atoms with Crippen molar-refractivity contribution in [3.05, 3.63) is 41.5 Å². The van der Waals surface area contributed by atoms with Crippen LogP contribution in [0, 0.1) is 0 Å². The molecular weight excluding hydrogens is 266 g/mol. The van der Waals surface area contributed by atoms with Crippen molar-refractivity contribution >= 4 is 11.6 Å². The van der Waals surface area contributed by atoms with Crippen LogP contribution in [0.2, 0.25) is 0 Å². The molecule has 21 heavy (non-hydrogen) atoms. The van der Waals surface area contributed by atoms with Crippen LogP contribution < -0.4 is 4.90 Å². The second-order valence-electron chi connectivity index (χ2n) is 5.33. The van der Waals surface area contributed by atoms with Gasteiger partial charge in [0.25, 0.3) is 0 Å². The van der Waals surface area contributed by atoms with Gasteiger partial charge in [-0.05, 0) is 24.1 Å². The number of aryl methyl sites for hydroxylation is 2. The number of hydrogen-bond donors (Lipinski definition) is 0. The average Bonchev–Trinajstić information content (AvgIpc) is 3.13. The Morgan fingerprint density at radius 3 is 2.62 bits per heavy atom. The Balaban J connectivity index is 1.77. The van der Waals surface area contributed by atoms with Crippen molar-refractivity contribution in [3.63, 3.8) is 0 Å². The Kier molecular flexibility index (Phi) is 3.73. The van der Waals surface area contributed by atoms with E-state index < -0.39 is 0 Å². The summed E-state index contributed by atoms with van der Waals surface area (Å²) in [6.07, 6.45) is 2.17. The zero-order chi connectivity index (χ0) is 14.8. The molecule has 110 valence electrons. The normalized spacial score (nSPS) is 18.5. The molecule has 0 spiro atoms. The molecule has 0 bridgehead atoms. The zero-order valence-electron chi connectivity index (χ0n) is 12.4. The van der Waals surface area contributed by atoms with Crippen molar-refractivity contribution in [2.24, 2.45) is 0 Å². The van der Waals surface area contributed by atoms with Crippen LogP contribution in [0.5, 0.6) is 0 Å². The lowest BCUT2D eigenvalue weighted by molar-refractivity contribution is -0.117. The Morgan fingerprint density at radius 1 is 1.24 bits per heavy atom. The monoisotopic (exact) mass is 285 g/mol. The quantitative estimate of drug-likeness (QED) is 0.866. The number of rotatable bonds is 4. The van der Waals surface area contributed by atoms with Crippen LogP contribution in [0.15, 0.2) is 28.8 Å². The highest BCUT2D eigenvalue weighted by atomic mass is 16.5. The molecule has 0 saturated carbocycles. The summed E-state index contributed by atoms with van der Waals surface area (Å²) < 4.78 is 5.27. The summed E-state index contributed by atoms with van der Waals surface area (Å²) in [5.74, 6) is 1.38. The molecule has 1 fully saturated rings. The van der Waals surface area contributed by atoms with E-state index in [0.717, 1.165) is 18.5 Å². The first-order chi connectivity index (χ1) is 10.2. The maximum absolute atomic E-state index is 12.2. The van der Waals surface area contributed by atoms with Gasteiger partial charge in [-0.1, -0.05) is 31.1 Å². The van der Waals surface area contributed by atoms with Crippen LogP contribution in [-0.4, -0.2) is 22.6 Å². The van der Waals surface area contributed by atoms with Crippen molar-refractivity contribution in [1.29, 1.82) is 0 Å². The van der Waals surface area contributed by atoms with E-state index in [9.17, 15) is 4.79 Å². The third-order valence-electron chi connectivity index (χ3n) is 3.93. The molecule has 1 saturated heterocycles. The molecule has 1 aromatic heterocycles. The maximum atomic E-state index is 12.2. The number of anilines is 1. The van der Waals surface area contributed by atoms with Crippen LogP contribution >= 0.6 is 0 Å². The Labute approximate surface area is 124 Å². The molecule has 0 aliphatic carbocycles. The van der Waals surface area contributed by atoms with Crippen LogP contribution in [0.25, 0.3) is 0 Å². The van der Waals surface area contributed by atoms with E-state index in [2.05, 4.69) is 29.2 Å².